The second kappa shape index (κ2) is 12.3. The molecule has 4 atom stereocenters. The van der Waals surface area contributed by atoms with Gasteiger partial charge in [0.05, 0.1) is 23.2 Å². The Hall–Kier alpha value is -5.71. The summed E-state index contributed by atoms with van der Waals surface area (Å²) in [6.45, 7) is 5.81. The number of nitrogens with one attached hydrogen (secondary N) is 2. The number of hydrogen-bond donors (Lipinski definition) is 2. The van der Waals surface area contributed by atoms with Crippen molar-refractivity contribution >= 4 is 46.3 Å². The van der Waals surface area contributed by atoms with E-state index in [9.17, 15) is 28.4 Å². The van der Waals surface area contributed by atoms with E-state index in [-0.39, 0.29) is 47.8 Å². The summed E-state index contributed by atoms with van der Waals surface area (Å²) >= 11 is 0. The number of aromatic nitrogens is 4. The van der Waals surface area contributed by atoms with Gasteiger partial charge >= 0.3 is 0 Å². The summed E-state index contributed by atoms with van der Waals surface area (Å²) in [4.78, 5) is 51.8. The Balaban J connectivity index is 1.18. The molecule has 1 unspecified atom stereocenters. The molecule has 7 rings (SSSR count). The van der Waals surface area contributed by atoms with Gasteiger partial charge in [-0.25, -0.2) is 18.5 Å². The number of aliphatic imine (C=N–C) groups is 1. The Morgan fingerprint density at radius 3 is 2.72 bits per heavy atom. The van der Waals surface area contributed by atoms with Crippen molar-refractivity contribution in [2.75, 3.05) is 18.9 Å². The van der Waals surface area contributed by atoms with E-state index in [2.05, 4.69) is 38.6 Å². The maximum Gasteiger partial charge on any atom is 0.270 e. The molecular formula is C36H35F2N9O3. The van der Waals surface area contributed by atoms with Crippen LogP contribution in [0.3, 0.4) is 0 Å². The van der Waals surface area contributed by atoms with Crippen LogP contribution < -0.4 is 5.32 Å². The zero-order valence-electron chi connectivity index (χ0n) is 27.9. The van der Waals surface area contributed by atoms with Gasteiger partial charge in [-0.1, -0.05) is 32.1 Å². The van der Waals surface area contributed by atoms with Crippen molar-refractivity contribution < 1.29 is 23.2 Å². The molecule has 1 saturated heterocycles. The summed E-state index contributed by atoms with van der Waals surface area (Å²) in [6.07, 6.45) is 6.79. The lowest BCUT2D eigenvalue weighted by Gasteiger charge is -2.33. The number of halogens is 2. The molecule has 3 aliphatic heterocycles. The molecule has 3 amide bonds. The lowest BCUT2D eigenvalue weighted by molar-refractivity contribution is -0.136. The molecule has 256 valence electrons. The number of aromatic amines is 1. The highest BCUT2D eigenvalue weighted by Gasteiger charge is 2.57. The minimum Gasteiger partial charge on any atom is -0.350 e. The highest BCUT2D eigenvalue weighted by Crippen LogP contribution is 2.48. The lowest BCUT2D eigenvalue weighted by Crippen LogP contribution is -2.52. The first kappa shape index (κ1) is 32.8. The zero-order valence-corrected chi connectivity index (χ0v) is 27.9. The number of nitrogens with zero attached hydrogens (tertiary/aromatic N) is 7. The van der Waals surface area contributed by atoms with E-state index in [1.165, 1.54) is 22.9 Å². The molecule has 0 aliphatic carbocycles. The molecule has 0 radical (unpaired) electrons. The highest BCUT2D eigenvalue weighted by atomic mass is 19.1. The summed E-state index contributed by atoms with van der Waals surface area (Å²) in [5, 5.41) is 21.9. The number of carbonyl (C=O) groups is 3. The standard InChI is InChI=1S/C36H35F2N9O3/c1-19(2)9-31(45(4)33(48)29-13-24-26(38)11-22(37)12-28(24)41-29)34(49)46-18-36(14-23(46)15-39)25-10-21(6-7-27(25)42-35(36)50)30-17-47(44-43-30)32-8-5-20(3)16-40-32/h6-8,10-13,16-17,19-20,23,31,41H,5,9,14,18H2,1-4H3,(H,42,50)/t20?,23-,31-,36-/m0/s1. The number of likely N-dealkylation sites (tertiary alicyclic amines) is 1. The van der Waals surface area contributed by atoms with Crippen LogP contribution in [0.5, 0.6) is 0 Å². The first-order chi connectivity index (χ1) is 23.9. The van der Waals surface area contributed by atoms with Crippen molar-refractivity contribution in [3.05, 3.63) is 71.6 Å². The van der Waals surface area contributed by atoms with Gasteiger partial charge in [-0.15, -0.1) is 5.10 Å². The number of benzene rings is 2. The predicted octanol–water partition coefficient (Wildman–Crippen LogP) is 5.11. The quantitative estimate of drug-likeness (QED) is 0.277. The Morgan fingerprint density at radius 1 is 1.20 bits per heavy atom. The Bertz CT molecular complexity index is 2160. The van der Waals surface area contributed by atoms with Crippen molar-refractivity contribution in [2.45, 2.75) is 57.5 Å². The van der Waals surface area contributed by atoms with Crippen LogP contribution in [-0.4, -0.2) is 79.4 Å². The van der Waals surface area contributed by atoms with Gasteiger partial charge in [0.2, 0.25) is 11.8 Å². The van der Waals surface area contributed by atoms with Crippen molar-refractivity contribution in [2.24, 2.45) is 16.8 Å². The van der Waals surface area contributed by atoms with Gasteiger partial charge < -0.3 is 20.1 Å². The van der Waals surface area contributed by atoms with Gasteiger partial charge in [-0.05, 0) is 60.6 Å². The number of H-pyrrole nitrogens is 1. The van der Waals surface area contributed by atoms with Gasteiger partial charge in [-0.3, -0.25) is 14.4 Å². The molecule has 1 fully saturated rings. The second-order valence-corrected chi connectivity index (χ2v) is 13.8. The lowest BCUT2D eigenvalue weighted by atomic mass is 9.79. The van der Waals surface area contributed by atoms with Crippen LogP contribution in [0.1, 0.15) is 56.1 Å². The molecule has 2 N–H and O–H groups in total. The van der Waals surface area contributed by atoms with Gasteiger partial charge in [0.15, 0.2) is 5.82 Å². The van der Waals surface area contributed by atoms with Gasteiger partial charge in [-0.2, -0.15) is 5.26 Å². The predicted molar refractivity (Wildman–Crippen MR) is 182 cm³/mol. The maximum absolute atomic E-state index is 14.4. The zero-order chi connectivity index (χ0) is 35.5. The highest BCUT2D eigenvalue weighted by molar-refractivity contribution is 6.08. The summed E-state index contributed by atoms with van der Waals surface area (Å²) in [6, 6.07) is 8.84. The van der Waals surface area contributed by atoms with Crippen LogP contribution in [0.4, 0.5) is 14.5 Å². The number of fused-ring (bicyclic) bond motifs is 3. The van der Waals surface area contributed by atoms with Gasteiger partial charge in [0.25, 0.3) is 5.91 Å². The fourth-order valence-electron chi connectivity index (χ4n) is 7.12. The summed E-state index contributed by atoms with van der Waals surface area (Å²) < 4.78 is 29.9. The van der Waals surface area contributed by atoms with Crippen LogP contribution in [0.25, 0.3) is 28.0 Å². The van der Waals surface area contributed by atoms with E-state index < -0.39 is 40.9 Å². The topological polar surface area (TPSA) is 152 Å². The molecule has 14 heteroatoms. The molecule has 2 aromatic heterocycles. The summed E-state index contributed by atoms with van der Waals surface area (Å²) in [5.41, 5.74) is 1.38. The molecule has 0 bridgehead atoms. The maximum atomic E-state index is 14.4. The number of nitriles is 1. The SMILES string of the molecule is CC(C)C[C@@H](C(=O)N1C[C@]2(C[C@H]1C#N)C(=O)Nc1ccc(-c3cn(C4=CCC(C)C=N4)nn3)cc12)N(C)C(=O)c1cc2c(F)cc(F)cc2[nH]1. The van der Waals surface area contributed by atoms with Crippen molar-refractivity contribution in [3.63, 3.8) is 0 Å². The fourth-order valence-corrected chi connectivity index (χ4v) is 7.12. The van der Waals surface area contributed by atoms with E-state index in [4.69, 9.17) is 0 Å². The van der Waals surface area contributed by atoms with Crippen molar-refractivity contribution in [1.29, 1.82) is 5.26 Å². The Morgan fingerprint density at radius 2 is 2.00 bits per heavy atom. The van der Waals surface area contributed by atoms with E-state index in [0.717, 1.165) is 18.6 Å². The van der Waals surface area contributed by atoms with Crippen molar-refractivity contribution in [1.82, 2.24) is 29.8 Å². The number of hydrogen-bond acceptors (Lipinski definition) is 7. The minimum absolute atomic E-state index is 0.0158. The molecule has 12 nitrogen and oxygen atoms in total. The van der Waals surface area contributed by atoms with E-state index >= 15 is 0 Å². The molecule has 4 aromatic rings. The molecule has 3 aliphatic rings. The monoisotopic (exact) mass is 679 g/mol. The second-order valence-electron chi connectivity index (χ2n) is 13.8. The third kappa shape index (κ3) is 5.52. The van der Waals surface area contributed by atoms with E-state index in [0.29, 0.717) is 34.2 Å². The smallest absolute Gasteiger partial charge is 0.270 e. The average Bonchev–Trinajstić information content (AvgIpc) is 3.88. The van der Waals surface area contributed by atoms with Crippen LogP contribution in [0.2, 0.25) is 0 Å². The number of carbonyl (C=O) groups excluding carboxylic acids is 3. The number of allylic oxidation sites excluding steroid dienone is 1. The number of rotatable bonds is 7. The fraction of sp³-hybridized carbons (Fsp3) is 0.361. The summed E-state index contributed by atoms with van der Waals surface area (Å²) in [7, 11) is 1.47. The Labute approximate surface area is 286 Å². The van der Waals surface area contributed by atoms with Crippen LogP contribution in [0, 0.1) is 34.8 Å². The molecular weight excluding hydrogens is 644 g/mol. The van der Waals surface area contributed by atoms with Crippen molar-refractivity contribution in [3.8, 4) is 17.3 Å². The average molecular weight is 680 g/mol. The number of likely N-dealkylation sites (N-methyl/N-ethyl adjacent to an activating group) is 1. The van der Waals surface area contributed by atoms with Crippen LogP contribution in [0.15, 0.2) is 53.7 Å². The normalized spacial score (nSPS) is 21.8. The number of anilines is 1. The number of amides is 3. The first-order valence-corrected chi connectivity index (χ1v) is 16.5. The van der Waals surface area contributed by atoms with E-state index in [1.54, 1.807) is 16.9 Å². The molecule has 50 heavy (non-hydrogen) atoms. The van der Waals surface area contributed by atoms with Gasteiger partial charge in [0.1, 0.15) is 35.1 Å². The Kier molecular flexibility index (Phi) is 8.08. The van der Waals surface area contributed by atoms with E-state index in [1.807, 2.05) is 38.3 Å². The molecule has 0 saturated carbocycles. The molecule has 5 heterocycles. The molecule has 1 spiro atoms. The van der Waals surface area contributed by atoms with Gasteiger partial charge in [0, 0.05) is 48.9 Å². The largest absolute Gasteiger partial charge is 0.350 e. The third-order valence-electron chi connectivity index (χ3n) is 9.82. The summed E-state index contributed by atoms with van der Waals surface area (Å²) in [5.74, 6) is -2.04. The first-order valence-electron chi connectivity index (χ1n) is 16.5. The third-order valence-corrected chi connectivity index (χ3v) is 9.82. The van der Waals surface area contributed by atoms with Crippen LogP contribution >= 0.6 is 0 Å². The van der Waals surface area contributed by atoms with Crippen LogP contribution in [-0.2, 0) is 15.0 Å². The minimum atomic E-state index is -1.21. The molecule has 2 aromatic carbocycles.